The number of hydrogen-bond donors (Lipinski definition) is 2. The number of carbonyl (C=O) groups excluding carboxylic acids is 1. The van der Waals surface area contributed by atoms with Crippen molar-refractivity contribution in [1.82, 2.24) is 0 Å². The van der Waals surface area contributed by atoms with Crippen molar-refractivity contribution in [3.63, 3.8) is 0 Å². The number of hydrogen-bond acceptors (Lipinski definition) is 2. The topological polar surface area (TPSA) is 80.4 Å². The first kappa shape index (κ1) is 12.7. The van der Waals surface area contributed by atoms with E-state index in [1.54, 1.807) is 18.2 Å². The number of benzene rings is 1. The summed E-state index contributed by atoms with van der Waals surface area (Å²) in [6, 6.07) is 7.16. The molecule has 1 aromatic carbocycles. The number of amides is 1. The van der Waals surface area contributed by atoms with Crippen molar-refractivity contribution in [2.24, 2.45) is 5.73 Å². The molecule has 86 valence electrons. The van der Waals surface area contributed by atoms with Crippen molar-refractivity contribution in [3.8, 4) is 0 Å². The SMILES string of the molecule is NC(=O)C(CCC(=O)O)c1cccc(Br)c1. The Bertz CT molecular complexity index is 406. The summed E-state index contributed by atoms with van der Waals surface area (Å²) in [5, 5.41) is 8.58. The van der Waals surface area contributed by atoms with Crippen LogP contribution in [0.1, 0.15) is 24.3 Å². The third-order valence-corrected chi connectivity index (χ3v) is 2.73. The first-order valence-corrected chi connectivity index (χ1v) is 5.56. The van der Waals surface area contributed by atoms with Crippen molar-refractivity contribution in [1.29, 1.82) is 0 Å². The molecule has 3 N–H and O–H groups in total. The van der Waals surface area contributed by atoms with Gasteiger partial charge in [0.05, 0.1) is 5.92 Å². The normalized spacial score (nSPS) is 12.1. The van der Waals surface area contributed by atoms with E-state index in [0.717, 1.165) is 10.0 Å². The van der Waals surface area contributed by atoms with Gasteiger partial charge < -0.3 is 10.8 Å². The van der Waals surface area contributed by atoms with Crippen LogP contribution in [-0.2, 0) is 9.59 Å². The number of rotatable bonds is 5. The Balaban J connectivity index is 2.85. The molecule has 0 heterocycles. The van der Waals surface area contributed by atoms with Crippen LogP contribution in [0.5, 0.6) is 0 Å². The van der Waals surface area contributed by atoms with Crippen LogP contribution >= 0.6 is 15.9 Å². The minimum absolute atomic E-state index is 0.0693. The molecule has 1 amide bonds. The predicted molar refractivity (Wildman–Crippen MR) is 62.9 cm³/mol. The van der Waals surface area contributed by atoms with E-state index in [9.17, 15) is 9.59 Å². The molecule has 16 heavy (non-hydrogen) atoms. The van der Waals surface area contributed by atoms with E-state index in [2.05, 4.69) is 15.9 Å². The molecule has 4 nitrogen and oxygen atoms in total. The number of aliphatic carboxylic acids is 1. The lowest BCUT2D eigenvalue weighted by molar-refractivity contribution is -0.137. The third-order valence-electron chi connectivity index (χ3n) is 2.24. The van der Waals surface area contributed by atoms with E-state index in [0.29, 0.717) is 0 Å². The first-order chi connectivity index (χ1) is 7.50. The summed E-state index contributed by atoms with van der Waals surface area (Å²) in [4.78, 5) is 21.7. The summed E-state index contributed by atoms with van der Waals surface area (Å²) >= 11 is 3.29. The van der Waals surface area contributed by atoms with Crippen molar-refractivity contribution in [2.45, 2.75) is 18.8 Å². The Morgan fingerprint density at radius 2 is 2.12 bits per heavy atom. The highest BCUT2D eigenvalue weighted by atomic mass is 79.9. The zero-order chi connectivity index (χ0) is 12.1. The van der Waals surface area contributed by atoms with Gasteiger partial charge in [-0.25, -0.2) is 0 Å². The fourth-order valence-electron chi connectivity index (χ4n) is 1.46. The highest BCUT2D eigenvalue weighted by molar-refractivity contribution is 9.10. The predicted octanol–water partition coefficient (Wildman–Crippen LogP) is 1.88. The smallest absolute Gasteiger partial charge is 0.303 e. The van der Waals surface area contributed by atoms with Crippen LogP contribution in [-0.4, -0.2) is 17.0 Å². The van der Waals surface area contributed by atoms with Crippen LogP contribution in [0.2, 0.25) is 0 Å². The summed E-state index contributed by atoms with van der Waals surface area (Å²) in [7, 11) is 0. The molecular formula is C11H12BrNO3. The highest BCUT2D eigenvalue weighted by Crippen LogP contribution is 2.23. The van der Waals surface area contributed by atoms with Gasteiger partial charge in [-0.05, 0) is 24.1 Å². The van der Waals surface area contributed by atoms with Gasteiger partial charge in [0.15, 0.2) is 0 Å². The molecule has 0 radical (unpaired) electrons. The fourth-order valence-corrected chi connectivity index (χ4v) is 1.88. The van der Waals surface area contributed by atoms with Crippen molar-refractivity contribution in [2.75, 3.05) is 0 Å². The van der Waals surface area contributed by atoms with Crippen LogP contribution in [0, 0.1) is 0 Å². The molecule has 0 bridgehead atoms. The molecule has 1 rings (SSSR count). The largest absolute Gasteiger partial charge is 0.481 e. The van der Waals surface area contributed by atoms with E-state index >= 15 is 0 Å². The summed E-state index contributed by atoms with van der Waals surface area (Å²) in [5.74, 6) is -1.98. The molecule has 1 unspecified atom stereocenters. The van der Waals surface area contributed by atoms with Gasteiger partial charge >= 0.3 is 5.97 Å². The molecule has 1 aromatic rings. The maximum absolute atomic E-state index is 11.2. The van der Waals surface area contributed by atoms with Crippen molar-refractivity contribution in [3.05, 3.63) is 34.3 Å². The van der Waals surface area contributed by atoms with E-state index in [1.807, 2.05) is 6.07 Å². The second kappa shape index (κ2) is 5.65. The van der Waals surface area contributed by atoms with Crippen LogP contribution in [0.4, 0.5) is 0 Å². The molecule has 1 atom stereocenters. The Labute approximate surface area is 102 Å². The number of halogens is 1. The van der Waals surface area contributed by atoms with Gasteiger partial charge in [0.1, 0.15) is 0 Å². The lowest BCUT2D eigenvalue weighted by Gasteiger charge is -2.12. The van der Waals surface area contributed by atoms with Gasteiger partial charge in [-0.1, -0.05) is 28.1 Å². The molecule has 0 saturated carbocycles. The highest BCUT2D eigenvalue weighted by Gasteiger charge is 2.18. The molecule has 0 aromatic heterocycles. The Morgan fingerprint density at radius 1 is 1.44 bits per heavy atom. The molecule has 0 spiro atoms. The monoisotopic (exact) mass is 285 g/mol. The number of primary amides is 1. The second-order valence-corrected chi connectivity index (χ2v) is 4.36. The van der Waals surface area contributed by atoms with Crippen LogP contribution in [0.25, 0.3) is 0 Å². The van der Waals surface area contributed by atoms with Crippen LogP contribution < -0.4 is 5.73 Å². The van der Waals surface area contributed by atoms with Gasteiger partial charge in [0.2, 0.25) is 5.91 Å². The Morgan fingerprint density at radius 3 is 2.62 bits per heavy atom. The molecule has 5 heteroatoms. The average molecular weight is 286 g/mol. The maximum Gasteiger partial charge on any atom is 0.303 e. The van der Waals surface area contributed by atoms with Gasteiger partial charge in [-0.15, -0.1) is 0 Å². The second-order valence-electron chi connectivity index (χ2n) is 3.44. The molecule has 0 saturated heterocycles. The average Bonchev–Trinajstić information content (AvgIpc) is 2.17. The summed E-state index contributed by atoms with van der Waals surface area (Å²) in [5.41, 5.74) is 6.00. The van der Waals surface area contributed by atoms with E-state index in [-0.39, 0.29) is 12.8 Å². The maximum atomic E-state index is 11.2. The van der Waals surface area contributed by atoms with Crippen molar-refractivity contribution < 1.29 is 14.7 Å². The zero-order valence-corrected chi connectivity index (χ0v) is 10.1. The van der Waals surface area contributed by atoms with Crippen LogP contribution in [0.3, 0.4) is 0 Å². The third kappa shape index (κ3) is 3.66. The molecule has 0 aliphatic carbocycles. The first-order valence-electron chi connectivity index (χ1n) is 4.77. The standard InChI is InChI=1S/C11H12BrNO3/c12-8-3-1-2-7(6-8)9(11(13)16)4-5-10(14)15/h1-3,6,9H,4-5H2,(H2,13,16)(H,14,15). The van der Waals surface area contributed by atoms with Gasteiger partial charge in [-0.2, -0.15) is 0 Å². The van der Waals surface area contributed by atoms with Gasteiger partial charge in [0, 0.05) is 10.9 Å². The minimum atomic E-state index is -0.929. The zero-order valence-electron chi connectivity index (χ0n) is 8.52. The molecule has 0 aliphatic rings. The molecule has 0 aliphatic heterocycles. The van der Waals surface area contributed by atoms with Gasteiger partial charge in [0.25, 0.3) is 0 Å². The minimum Gasteiger partial charge on any atom is -0.481 e. The number of nitrogens with two attached hydrogens (primary N) is 1. The lowest BCUT2D eigenvalue weighted by Crippen LogP contribution is -2.22. The Kier molecular flexibility index (Phi) is 4.49. The lowest BCUT2D eigenvalue weighted by atomic mass is 9.94. The summed E-state index contributed by atoms with van der Waals surface area (Å²) in [6.07, 6.45) is 0.154. The summed E-state index contributed by atoms with van der Waals surface area (Å²) in [6.45, 7) is 0. The van der Waals surface area contributed by atoms with Gasteiger partial charge in [-0.3, -0.25) is 9.59 Å². The van der Waals surface area contributed by atoms with E-state index < -0.39 is 17.8 Å². The van der Waals surface area contributed by atoms with Crippen molar-refractivity contribution >= 4 is 27.8 Å². The molecule has 0 fully saturated rings. The van der Waals surface area contributed by atoms with Crippen LogP contribution in [0.15, 0.2) is 28.7 Å². The Hall–Kier alpha value is -1.36. The number of carboxylic acid groups (broad SMARTS) is 1. The number of carboxylic acids is 1. The molecular weight excluding hydrogens is 274 g/mol. The fraction of sp³-hybridized carbons (Fsp3) is 0.273. The number of carbonyl (C=O) groups is 2. The van der Waals surface area contributed by atoms with E-state index in [1.165, 1.54) is 0 Å². The van der Waals surface area contributed by atoms with E-state index in [4.69, 9.17) is 10.8 Å². The quantitative estimate of drug-likeness (QED) is 0.867. The summed E-state index contributed by atoms with van der Waals surface area (Å²) < 4.78 is 0.839.